The minimum absolute atomic E-state index is 0.0795. The number of hydrogen-bond acceptors (Lipinski definition) is 6. The summed E-state index contributed by atoms with van der Waals surface area (Å²) in [5.74, 6) is -0.885. The van der Waals surface area contributed by atoms with Gasteiger partial charge in [0.15, 0.2) is 6.10 Å². The summed E-state index contributed by atoms with van der Waals surface area (Å²) in [5.41, 5.74) is 0. The van der Waals surface area contributed by atoms with Gasteiger partial charge < -0.3 is 14.2 Å². The summed E-state index contributed by atoms with van der Waals surface area (Å²) in [6.07, 6.45) is 91.3. The highest BCUT2D eigenvalue weighted by molar-refractivity contribution is 5.71. The van der Waals surface area contributed by atoms with Crippen LogP contribution in [0.3, 0.4) is 0 Å². The van der Waals surface area contributed by atoms with E-state index in [0.717, 1.165) is 89.9 Å². The molecule has 0 saturated heterocycles. The summed E-state index contributed by atoms with van der Waals surface area (Å²) in [7, 11) is 0. The van der Waals surface area contributed by atoms with Gasteiger partial charge in [0.05, 0.1) is 0 Å². The first-order valence-corrected chi connectivity index (χ1v) is 36.3. The molecular weight excluding hydrogens is 1010 g/mol. The Balaban J connectivity index is 4.22. The lowest BCUT2D eigenvalue weighted by Crippen LogP contribution is -2.30. The molecule has 0 heterocycles. The Morgan fingerprint density at radius 2 is 0.476 bits per heavy atom. The fourth-order valence-electron chi connectivity index (χ4n) is 10.8. The van der Waals surface area contributed by atoms with Crippen LogP contribution in [0.4, 0.5) is 0 Å². The number of rotatable bonds is 67. The topological polar surface area (TPSA) is 78.9 Å². The van der Waals surface area contributed by atoms with Gasteiger partial charge in [-0.2, -0.15) is 0 Å². The number of esters is 3. The molecule has 0 fully saturated rings. The molecule has 0 saturated carbocycles. The van der Waals surface area contributed by atoms with E-state index in [2.05, 4.69) is 81.5 Å². The Bertz CT molecular complexity index is 1460. The minimum Gasteiger partial charge on any atom is -0.462 e. The smallest absolute Gasteiger partial charge is 0.306 e. The Labute approximate surface area is 510 Å². The molecule has 478 valence electrons. The van der Waals surface area contributed by atoms with Gasteiger partial charge in [0.25, 0.3) is 0 Å². The number of unbranched alkanes of at least 4 members (excludes halogenated alkanes) is 46. The minimum atomic E-state index is -0.786. The third kappa shape index (κ3) is 67.9. The third-order valence-electron chi connectivity index (χ3n) is 16.3. The molecule has 82 heavy (non-hydrogen) atoms. The molecule has 0 bridgehead atoms. The maximum absolute atomic E-state index is 13.0. The van der Waals surface area contributed by atoms with Gasteiger partial charge in [-0.15, -0.1) is 0 Å². The quantitative estimate of drug-likeness (QED) is 0.0261. The van der Waals surface area contributed by atoms with Gasteiger partial charge in [-0.05, 0) is 83.5 Å². The molecular formula is C76H138O6. The van der Waals surface area contributed by atoms with E-state index in [0.29, 0.717) is 19.3 Å². The number of allylic oxidation sites excluding steroid dienone is 10. The summed E-state index contributed by atoms with van der Waals surface area (Å²) in [4.78, 5) is 38.4. The first-order valence-electron chi connectivity index (χ1n) is 36.3. The second-order valence-electron chi connectivity index (χ2n) is 24.5. The monoisotopic (exact) mass is 1150 g/mol. The molecule has 0 aromatic heterocycles. The predicted molar refractivity (Wildman–Crippen MR) is 358 cm³/mol. The van der Waals surface area contributed by atoms with Gasteiger partial charge in [0, 0.05) is 19.3 Å². The molecule has 1 atom stereocenters. The summed E-state index contributed by atoms with van der Waals surface area (Å²) < 4.78 is 17.0. The van der Waals surface area contributed by atoms with Crippen LogP contribution >= 0.6 is 0 Å². The molecule has 6 heteroatoms. The first-order chi connectivity index (χ1) is 40.5. The van der Waals surface area contributed by atoms with Crippen LogP contribution in [0.15, 0.2) is 60.8 Å². The lowest BCUT2D eigenvalue weighted by molar-refractivity contribution is -0.167. The van der Waals surface area contributed by atoms with E-state index >= 15 is 0 Å². The fourth-order valence-corrected chi connectivity index (χ4v) is 10.8. The van der Waals surface area contributed by atoms with E-state index in [1.165, 1.54) is 257 Å². The first kappa shape index (κ1) is 79.1. The number of carbonyl (C=O) groups is 3. The predicted octanol–water partition coefficient (Wildman–Crippen LogP) is 25.1. The summed E-state index contributed by atoms with van der Waals surface area (Å²) in [5, 5.41) is 0. The lowest BCUT2D eigenvalue weighted by atomic mass is 10.0. The van der Waals surface area contributed by atoms with E-state index in [-0.39, 0.29) is 31.1 Å². The van der Waals surface area contributed by atoms with Crippen molar-refractivity contribution < 1.29 is 28.6 Å². The van der Waals surface area contributed by atoms with Crippen LogP contribution < -0.4 is 0 Å². The molecule has 0 aromatic carbocycles. The van der Waals surface area contributed by atoms with Gasteiger partial charge in [0.2, 0.25) is 0 Å². The van der Waals surface area contributed by atoms with E-state index < -0.39 is 6.10 Å². The maximum Gasteiger partial charge on any atom is 0.306 e. The zero-order valence-corrected chi connectivity index (χ0v) is 55.0. The molecule has 0 aromatic rings. The molecule has 0 aliphatic rings. The molecule has 0 radical (unpaired) electrons. The zero-order valence-electron chi connectivity index (χ0n) is 55.0. The summed E-state index contributed by atoms with van der Waals surface area (Å²) >= 11 is 0. The Kier molecular flexibility index (Phi) is 68.1. The van der Waals surface area contributed by atoms with Crippen LogP contribution in [0.25, 0.3) is 0 Å². The second-order valence-corrected chi connectivity index (χ2v) is 24.5. The highest BCUT2D eigenvalue weighted by atomic mass is 16.6. The van der Waals surface area contributed by atoms with Crippen molar-refractivity contribution in [2.24, 2.45) is 0 Å². The summed E-state index contributed by atoms with van der Waals surface area (Å²) in [6.45, 7) is 6.56. The lowest BCUT2D eigenvalue weighted by Gasteiger charge is -2.18. The van der Waals surface area contributed by atoms with E-state index in [9.17, 15) is 14.4 Å². The van der Waals surface area contributed by atoms with Crippen molar-refractivity contribution in [3.8, 4) is 0 Å². The van der Waals surface area contributed by atoms with Crippen molar-refractivity contribution in [1.82, 2.24) is 0 Å². The van der Waals surface area contributed by atoms with Gasteiger partial charge in [-0.25, -0.2) is 0 Å². The van der Waals surface area contributed by atoms with Crippen molar-refractivity contribution in [3.63, 3.8) is 0 Å². The van der Waals surface area contributed by atoms with Gasteiger partial charge in [-0.1, -0.05) is 345 Å². The molecule has 0 aliphatic heterocycles. The second kappa shape index (κ2) is 70.6. The van der Waals surface area contributed by atoms with Crippen molar-refractivity contribution in [2.45, 2.75) is 393 Å². The van der Waals surface area contributed by atoms with Crippen molar-refractivity contribution >= 4 is 17.9 Å². The van der Waals surface area contributed by atoms with Crippen molar-refractivity contribution in [1.29, 1.82) is 0 Å². The SMILES string of the molecule is CC/C=C\C/C=C\C/C=C\CCCCCC(=O)OCC(COC(=O)CCCCCCCCCCCCCCCCC/C=C\C/C=C\CCCCCCC)OC(=O)CCCCCCCCCCCCCCCCCCCCCCCCCC. The maximum atomic E-state index is 13.0. The Morgan fingerprint density at radius 3 is 0.756 bits per heavy atom. The fraction of sp³-hybridized carbons (Fsp3) is 0.829. The van der Waals surface area contributed by atoms with Crippen LogP contribution in [-0.4, -0.2) is 37.2 Å². The van der Waals surface area contributed by atoms with E-state index in [4.69, 9.17) is 14.2 Å². The molecule has 0 rings (SSSR count). The summed E-state index contributed by atoms with van der Waals surface area (Å²) in [6, 6.07) is 0. The third-order valence-corrected chi connectivity index (χ3v) is 16.3. The van der Waals surface area contributed by atoms with Crippen LogP contribution in [0, 0.1) is 0 Å². The molecule has 0 amide bonds. The molecule has 1 unspecified atom stereocenters. The molecule has 0 aliphatic carbocycles. The standard InChI is InChI=1S/C76H138O6/c1-4-7-10-13-16-19-22-25-27-29-31-33-35-37-38-39-41-42-44-46-48-51-54-57-60-63-66-69-75(78)81-72-73(71-80-74(77)68-65-62-59-56-53-50-24-21-18-15-12-9-6-3)82-76(79)70-67-64-61-58-55-52-49-47-45-43-40-36-34-32-30-28-26-23-20-17-14-11-8-5-2/h9,12,18,21-22,25,29,31,50,53,73H,4-8,10-11,13-17,19-20,23-24,26-28,30,32-49,51-52,54-72H2,1-3H3/b12-9-,21-18-,25-22-,31-29-,53-50-. The number of ether oxygens (including phenoxy) is 3. The average Bonchev–Trinajstić information content (AvgIpc) is 3.47. The van der Waals surface area contributed by atoms with Gasteiger partial charge in [0.1, 0.15) is 13.2 Å². The molecule has 0 N–H and O–H groups in total. The largest absolute Gasteiger partial charge is 0.462 e. The highest BCUT2D eigenvalue weighted by Gasteiger charge is 2.19. The van der Waals surface area contributed by atoms with E-state index in [1.54, 1.807) is 0 Å². The van der Waals surface area contributed by atoms with Crippen molar-refractivity contribution in [3.05, 3.63) is 60.8 Å². The Morgan fingerprint density at radius 1 is 0.256 bits per heavy atom. The average molecular weight is 1150 g/mol. The molecule has 0 spiro atoms. The zero-order chi connectivity index (χ0) is 59.2. The number of hydrogen-bond donors (Lipinski definition) is 0. The van der Waals surface area contributed by atoms with E-state index in [1.807, 2.05) is 0 Å². The number of carbonyl (C=O) groups excluding carboxylic acids is 3. The van der Waals surface area contributed by atoms with Crippen LogP contribution in [-0.2, 0) is 28.6 Å². The van der Waals surface area contributed by atoms with Crippen LogP contribution in [0.5, 0.6) is 0 Å². The normalized spacial score (nSPS) is 12.4. The Hall–Kier alpha value is -2.89. The highest BCUT2D eigenvalue weighted by Crippen LogP contribution is 2.19. The van der Waals surface area contributed by atoms with Crippen LogP contribution in [0.2, 0.25) is 0 Å². The van der Waals surface area contributed by atoms with Gasteiger partial charge >= 0.3 is 17.9 Å². The van der Waals surface area contributed by atoms with Gasteiger partial charge in [-0.3, -0.25) is 14.4 Å². The van der Waals surface area contributed by atoms with Crippen molar-refractivity contribution in [2.75, 3.05) is 13.2 Å². The van der Waals surface area contributed by atoms with Crippen LogP contribution in [0.1, 0.15) is 387 Å². The molecule has 6 nitrogen and oxygen atoms in total.